The van der Waals surface area contributed by atoms with E-state index < -0.39 is 16.1 Å². The second kappa shape index (κ2) is 5.97. The van der Waals surface area contributed by atoms with E-state index >= 15 is 0 Å². The highest BCUT2D eigenvalue weighted by atomic mass is 32.2. The molecule has 6 nitrogen and oxygen atoms in total. The van der Waals surface area contributed by atoms with Crippen LogP contribution in [0.5, 0.6) is 0 Å². The van der Waals surface area contributed by atoms with Gasteiger partial charge >= 0.3 is 0 Å². The van der Waals surface area contributed by atoms with Crippen LogP contribution in [0.4, 0.5) is 0 Å². The fourth-order valence-corrected chi connectivity index (χ4v) is 3.67. The molecule has 0 bridgehead atoms. The van der Waals surface area contributed by atoms with Crippen molar-refractivity contribution < 1.29 is 13.5 Å². The van der Waals surface area contributed by atoms with Crippen LogP contribution in [0.1, 0.15) is 23.1 Å². The Balaban J connectivity index is 2.15. The summed E-state index contributed by atoms with van der Waals surface area (Å²) >= 11 is 0. The number of hydrogen-bond donors (Lipinski definition) is 2. The Morgan fingerprint density at radius 2 is 1.90 bits per heavy atom. The first-order valence-electron chi connectivity index (χ1n) is 6.56. The first-order valence-corrected chi connectivity index (χ1v) is 8.04. The van der Waals surface area contributed by atoms with Gasteiger partial charge in [0, 0.05) is 13.6 Å². The Labute approximate surface area is 124 Å². The molecule has 0 aliphatic carbocycles. The minimum atomic E-state index is -3.70. The second-order valence-electron chi connectivity index (χ2n) is 4.90. The average Bonchev–Trinajstić information content (AvgIpc) is 2.71. The highest BCUT2D eigenvalue weighted by Gasteiger charge is 2.24. The number of rotatable bonds is 5. The standard InChI is InChI=1S/C14H19N3O3S/c1-10-14(11(2)17(3)16-10)21(19,20)15-9-13(18)12-7-5-4-6-8-12/h4-8,13,15,18H,9H2,1-3H3. The van der Waals surface area contributed by atoms with Crippen molar-refractivity contribution in [1.82, 2.24) is 14.5 Å². The average molecular weight is 309 g/mol. The molecule has 1 atom stereocenters. The summed E-state index contributed by atoms with van der Waals surface area (Å²) in [7, 11) is -2.00. The molecule has 114 valence electrons. The van der Waals surface area contributed by atoms with Gasteiger partial charge in [-0.3, -0.25) is 4.68 Å². The van der Waals surface area contributed by atoms with Crippen molar-refractivity contribution in [3.63, 3.8) is 0 Å². The molecule has 0 saturated heterocycles. The highest BCUT2D eigenvalue weighted by molar-refractivity contribution is 7.89. The third-order valence-corrected chi connectivity index (χ3v) is 5.04. The molecule has 1 aromatic heterocycles. The van der Waals surface area contributed by atoms with Crippen molar-refractivity contribution in [2.24, 2.45) is 7.05 Å². The lowest BCUT2D eigenvalue weighted by molar-refractivity contribution is 0.182. The zero-order valence-corrected chi connectivity index (χ0v) is 13.1. The van der Waals surface area contributed by atoms with Gasteiger partial charge in [-0.1, -0.05) is 30.3 Å². The van der Waals surface area contributed by atoms with E-state index in [1.54, 1.807) is 45.2 Å². The van der Waals surface area contributed by atoms with Crippen LogP contribution in [-0.4, -0.2) is 29.8 Å². The van der Waals surface area contributed by atoms with E-state index in [9.17, 15) is 13.5 Å². The minimum absolute atomic E-state index is 0.0832. The largest absolute Gasteiger partial charge is 0.387 e. The molecule has 0 saturated carbocycles. The van der Waals surface area contributed by atoms with Crippen LogP contribution in [0.2, 0.25) is 0 Å². The van der Waals surface area contributed by atoms with Crippen molar-refractivity contribution in [3.8, 4) is 0 Å². The van der Waals surface area contributed by atoms with Gasteiger partial charge in [-0.2, -0.15) is 5.10 Å². The Morgan fingerprint density at radius 3 is 2.43 bits per heavy atom. The molecule has 0 aliphatic heterocycles. The molecule has 21 heavy (non-hydrogen) atoms. The number of benzene rings is 1. The van der Waals surface area contributed by atoms with E-state index in [0.29, 0.717) is 17.0 Å². The molecule has 0 spiro atoms. The normalized spacial score (nSPS) is 13.3. The Kier molecular flexibility index (Phi) is 4.46. The summed E-state index contributed by atoms with van der Waals surface area (Å²) in [5, 5.41) is 14.1. The maximum absolute atomic E-state index is 12.3. The van der Waals surface area contributed by atoms with Gasteiger partial charge in [0.2, 0.25) is 10.0 Å². The molecule has 2 aromatic rings. The molecular weight excluding hydrogens is 290 g/mol. The summed E-state index contributed by atoms with van der Waals surface area (Å²) in [6.07, 6.45) is -0.891. The Hall–Kier alpha value is -1.70. The maximum Gasteiger partial charge on any atom is 0.244 e. The molecule has 0 fully saturated rings. The Bertz CT molecular complexity index is 723. The summed E-state index contributed by atoms with van der Waals surface area (Å²) in [5.41, 5.74) is 1.67. The number of aryl methyl sites for hydroxylation is 2. The van der Waals surface area contributed by atoms with Gasteiger partial charge in [0.25, 0.3) is 0 Å². The van der Waals surface area contributed by atoms with Crippen LogP contribution < -0.4 is 4.72 Å². The number of hydrogen-bond acceptors (Lipinski definition) is 4. The maximum atomic E-state index is 12.3. The smallest absolute Gasteiger partial charge is 0.244 e. The van der Waals surface area contributed by atoms with Crippen LogP contribution in [-0.2, 0) is 17.1 Å². The second-order valence-corrected chi connectivity index (χ2v) is 6.61. The first kappa shape index (κ1) is 15.7. The quantitative estimate of drug-likeness (QED) is 0.864. The van der Waals surface area contributed by atoms with Gasteiger partial charge < -0.3 is 5.11 Å². The fourth-order valence-electron chi connectivity index (χ4n) is 2.20. The van der Waals surface area contributed by atoms with Crippen molar-refractivity contribution in [2.75, 3.05) is 6.54 Å². The number of aromatic nitrogens is 2. The number of nitrogens with zero attached hydrogens (tertiary/aromatic N) is 2. The highest BCUT2D eigenvalue weighted by Crippen LogP contribution is 2.19. The first-order chi connectivity index (χ1) is 9.83. The van der Waals surface area contributed by atoms with Gasteiger partial charge in [0.15, 0.2) is 0 Å². The monoisotopic (exact) mass is 309 g/mol. The summed E-state index contributed by atoms with van der Waals surface area (Å²) < 4.78 is 28.7. The summed E-state index contributed by atoms with van der Waals surface area (Å²) in [6, 6.07) is 8.92. The van der Waals surface area contributed by atoms with Crippen LogP contribution >= 0.6 is 0 Å². The number of aliphatic hydroxyl groups excluding tert-OH is 1. The zero-order valence-electron chi connectivity index (χ0n) is 12.2. The molecule has 1 unspecified atom stereocenters. The number of nitrogens with one attached hydrogen (secondary N) is 1. The van der Waals surface area contributed by atoms with E-state index in [-0.39, 0.29) is 11.4 Å². The molecule has 0 radical (unpaired) electrons. The Morgan fingerprint density at radius 1 is 1.29 bits per heavy atom. The lowest BCUT2D eigenvalue weighted by Gasteiger charge is -2.12. The lowest BCUT2D eigenvalue weighted by Crippen LogP contribution is -2.29. The summed E-state index contributed by atoms with van der Waals surface area (Å²) in [6.45, 7) is 3.26. The third kappa shape index (κ3) is 3.31. The van der Waals surface area contributed by atoms with Crippen molar-refractivity contribution in [3.05, 3.63) is 47.3 Å². The van der Waals surface area contributed by atoms with Gasteiger partial charge in [-0.05, 0) is 19.4 Å². The molecule has 0 amide bonds. The molecule has 2 N–H and O–H groups in total. The van der Waals surface area contributed by atoms with Crippen LogP contribution in [0.15, 0.2) is 35.2 Å². The van der Waals surface area contributed by atoms with Crippen molar-refractivity contribution in [1.29, 1.82) is 0 Å². The number of aliphatic hydroxyl groups is 1. The third-order valence-electron chi connectivity index (χ3n) is 3.36. The molecule has 0 aliphatic rings. The fraction of sp³-hybridized carbons (Fsp3) is 0.357. The summed E-state index contributed by atoms with van der Waals surface area (Å²) in [5.74, 6) is 0. The van der Waals surface area contributed by atoms with Gasteiger partial charge in [-0.15, -0.1) is 0 Å². The van der Waals surface area contributed by atoms with Crippen LogP contribution in [0.25, 0.3) is 0 Å². The van der Waals surface area contributed by atoms with E-state index in [2.05, 4.69) is 9.82 Å². The molecule has 1 heterocycles. The number of sulfonamides is 1. The molecule has 2 rings (SSSR count). The van der Waals surface area contributed by atoms with Crippen molar-refractivity contribution >= 4 is 10.0 Å². The molecule has 1 aromatic carbocycles. The predicted octanol–water partition coefficient (Wildman–Crippen LogP) is 1.05. The lowest BCUT2D eigenvalue weighted by atomic mass is 10.1. The van der Waals surface area contributed by atoms with Gasteiger partial charge in [0.1, 0.15) is 4.90 Å². The van der Waals surface area contributed by atoms with Crippen molar-refractivity contribution in [2.45, 2.75) is 24.8 Å². The van der Waals surface area contributed by atoms with Gasteiger partial charge in [-0.25, -0.2) is 13.1 Å². The molecular formula is C14H19N3O3S. The van der Waals surface area contributed by atoms with E-state index in [1.165, 1.54) is 4.68 Å². The predicted molar refractivity (Wildman–Crippen MR) is 79.3 cm³/mol. The van der Waals surface area contributed by atoms with E-state index in [4.69, 9.17) is 0 Å². The summed E-state index contributed by atoms with van der Waals surface area (Å²) in [4.78, 5) is 0.172. The van der Waals surface area contributed by atoms with Gasteiger partial charge in [0.05, 0.1) is 17.5 Å². The topological polar surface area (TPSA) is 84.2 Å². The van der Waals surface area contributed by atoms with E-state index in [0.717, 1.165) is 0 Å². The van der Waals surface area contributed by atoms with E-state index in [1.807, 2.05) is 6.07 Å². The van der Waals surface area contributed by atoms with Crippen LogP contribution in [0.3, 0.4) is 0 Å². The van der Waals surface area contributed by atoms with Crippen LogP contribution in [0, 0.1) is 13.8 Å². The molecule has 7 heteroatoms. The minimum Gasteiger partial charge on any atom is -0.387 e. The zero-order chi connectivity index (χ0) is 15.6. The SMILES string of the molecule is Cc1nn(C)c(C)c1S(=O)(=O)NCC(O)c1ccccc1.